The highest BCUT2D eigenvalue weighted by Gasteiger charge is 2.30. The molecule has 1 aromatic rings. The average molecular weight is 250 g/mol. The van der Waals surface area contributed by atoms with E-state index in [0.717, 1.165) is 6.07 Å². The first kappa shape index (κ1) is 12.2. The fourth-order valence-electron chi connectivity index (χ4n) is 1.92. The van der Waals surface area contributed by atoms with E-state index in [1.54, 1.807) is 11.9 Å². The number of likely N-dealkylation sites (tertiary alicyclic amines) is 1. The molecule has 0 aliphatic carbocycles. The summed E-state index contributed by atoms with van der Waals surface area (Å²) in [5, 5.41) is 21.1. The molecule has 1 unspecified atom stereocenters. The van der Waals surface area contributed by atoms with Gasteiger partial charge in [-0.05, 0) is 18.6 Å². The van der Waals surface area contributed by atoms with E-state index in [0.29, 0.717) is 13.0 Å². The van der Waals surface area contributed by atoms with Crippen LogP contribution < -0.4 is 5.32 Å². The molecule has 1 aliphatic heterocycles. The zero-order chi connectivity index (χ0) is 13.3. The summed E-state index contributed by atoms with van der Waals surface area (Å²) in [5.74, 6) is -1.02. The van der Waals surface area contributed by atoms with Crippen molar-refractivity contribution in [2.75, 3.05) is 13.6 Å². The van der Waals surface area contributed by atoms with Gasteiger partial charge in [0.05, 0.1) is 0 Å². The fourth-order valence-corrected chi connectivity index (χ4v) is 1.92. The smallest absolute Gasteiger partial charge is 0.252 e. The van der Waals surface area contributed by atoms with Crippen molar-refractivity contribution < 1.29 is 19.8 Å². The van der Waals surface area contributed by atoms with Crippen LogP contribution in [0.25, 0.3) is 0 Å². The molecule has 0 aromatic heterocycles. The first-order chi connectivity index (χ1) is 8.47. The summed E-state index contributed by atoms with van der Waals surface area (Å²) in [4.78, 5) is 25.0. The highest BCUT2D eigenvalue weighted by atomic mass is 16.3. The number of rotatable bonds is 2. The average Bonchev–Trinajstić information content (AvgIpc) is 2.59. The molecule has 1 aliphatic rings. The summed E-state index contributed by atoms with van der Waals surface area (Å²) in [6.45, 7) is 0.606. The third-order valence-corrected chi connectivity index (χ3v) is 2.90. The van der Waals surface area contributed by atoms with Crippen molar-refractivity contribution in [1.82, 2.24) is 10.2 Å². The van der Waals surface area contributed by atoms with Crippen LogP contribution in [0.4, 0.5) is 0 Å². The second-order valence-corrected chi connectivity index (χ2v) is 4.31. The van der Waals surface area contributed by atoms with Gasteiger partial charge in [0.2, 0.25) is 5.91 Å². The molecule has 96 valence electrons. The van der Waals surface area contributed by atoms with Crippen molar-refractivity contribution in [3.63, 3.8) is 0 Å². The Labute approximate surface area is 104 Å². The molecule has 6 nitrogen and oxygen atoms in total. The molecule has 0 spiro atoms. The summed E-state index contributed by atoms with van der Waals surface area (Å²) < 4.78 is 0. The van der Waals surface area contributed by atoms with Gasteiger partial charge in [0.25, 0.3) is 5.91 Å². The quantitative estimate of drug-likeness (QED) is 0.692. The number of aromatic hydroxyl groups is 2. The lowest BCUT2D eigenvalue weighted by molar-refractivity contribution is -0.128. The van der Waals surface area contributed by atoms with Gasteiger partial charge in [-0.15, -0.1) is 0 Å². The van der Waals surface area contributed by atoms with Gasteiger partial charge in [-0.1, -0.05) is 0 Å². The first-order valence-electron chi connectivity index (χ1n) is 5.56. The highest BCUT2D eigenvalue weighted by Crippen LogP contribution is 2.20. The molecule has 1 atom stereocenters. The Morgan fingerprint density at radius 1 is 1.33 bits per heavy atom. The summed E-state index contributed by atoms with van der Waals surface area (Å²) in [6.07, 6.45) is 0.561. The van der Waals surface area contributed by atoms with Crippen LogP contribution in [0.15, 0.2) is 18.2 Å². The van der Waals surface area contributed by atoms with Crippen LogP contribution in [0.5, 0.6) is 11.5 Å². The monoisotopic (exact) mass is 250 g/mol. The number of likely N-dealkylation sites (N-methyl/N-ethyl adjacent to an activating group) is 1. The Morgan fingerprint density at radius 2 is 1.94 bits per heavy atom. The Morgan fingerprint density at radius 3 is 2.44 bits per heavy atom. The van der Waals surface area contributed by atoms with Gasteiger partial charge < -0.3 is 20.4 Å². The Hall–Kier alpha value is -2.24. The fraction of sp³-hybridized carbons (Fsp3) is 0.333. The minimum Gasteiger partial charge on any atom is -0.508 e. The SMILES string of the molecule is CN1CCC(NC(=O)c2cc(O)cc(O)c2)C1=O. The maximum Gasteiger partial charge on any atom is 0.252 e. The van der Waals surface area contributed by atoms with Crippen LogP contribution in [-0.4, -0.2) is 46.6 Å². The number of phenolic OH excluding ortho intramolecular Hbond substituents is 2. The van der Waals surface area contributed by atoms with E-state index in [2.05, 4.69) is 5.32 Å². The van der Waals surface area contributed by atoms with Gasteiger partial charge in [0.1, 0.15) is 17.5 Å². The number of nitrogens with one attached hydrogen (secondary N) is 1. The Bertz CT molecular complexity index is 481. The molecule has 2 amide bonds. The predicted molar refractivity (Wildman–Crippen MR) is 63.3 cm³/mol. The topological polar surface area (TPSA) is 89.9 Å². The van der Waals surface area contributed by atoms with Crippen LogP contribution in [0.2, 0.25) is 0 Å². The molecule has 0 saturated carbocycles. The number of carbonyl (C=O) groups excluding carboxylic acids is 2. The highest BCUT2D eigenvalue weighted by molar-refractivity contribution is 5.98. The van der Waals surface area contributed by atoms with Crippen molar-refractivity contribution in [1.29, 1.82) is 0 Å². The summed E-state index contributed by atoms with van der Waals surface area (Å²) in [6, 6.07) is 3.06. The molecule has 18 heavy (non-hydrogen) atoms. The van der Waals surface area contributed by atoms with Crippen molar-refractivity contribution >= 4 is 11.8 Å². The van der Waals surface area contributed by atoms with Gasteiger partial charge in [-0.25, -0.2) is 0 Å². The second-order valence-electron chi connectivity index (χ2n) is 4.31. The van der Waals surface area contributed by atoms with Gasteiger partial charge in [-0.2, -0.15) is 0 Å². The lowest BCUT2D eigenvalue weighted by Gasteiger charge is -2.12. The summed E-state index contributed by atoms with van der Waals surface area (Å²) in [7, 11) is 1.68. The number of phenols is 2. The molecule has 1 heterocycles. The molecule has 1 aromatic carbocycles. The van der Waals surface area contributed by atoms with E-state index in [1.807, 2.05) is 0 Å². The largest absolute Gasteiger partial charge is 0.508 e. The van der Waals surface area contributed by atoms with Crippen molar-refractivity contribution in [3.8, 4) is 11.5 Å². The molecule has 1 saturated heterocycles. The summed E-state index contributed by atoms with van der Waals surface area (Å²) in [5.41, 5.74) is 0.120. The first-order valence-corrected chi connectivity index (χ1v) is 5.56. The second kappa shape index (κ2) is 4.56. The number of amides is 2. The standard InChI is InChI=1S/C12H14N2O4/c1-14-3-2-10(12(14)18)13-11(17)7-4-8(15)6-9(16)5-7/h4-6,10,15-16H,2-3H2,1H3,(H,13,17). The van der Waals surface area contributed by atoms with Gasteiger partial charge in [-0.3, -0.25) is 9.59 Å². The normalized spacial score (nSPS) is 19.1. The van der Waals surface area contributed by atoms with Gasteiger partial charge in [0, 0.05) is 25.2 Å². The van der Waals surface area contributed by atoms with Crippen LogP contribution in [0, 0.1) is 0 Å². The minimum atomic E-state index is -0.535. The lowest BCUT2D eigenvalue weighted by atomic mass is 10.1. The number of hydrogen-bond donors (Lipinski definition) is 3. The predicted octanol–water partition coefficient (Wildman–Crippen LogP) is 0.0583. The van der Waals surface area contributed by atoms with E-state index in [-0.39, 0.29) is 23.0 Å². The molecule has 0 bridgehead atoms. The lowest BCUT2D eigenvalue weighted by Crippen LogP contribution is -2.40. The van der Waals surface area contributed by atoms with E-state index in [9.17, 15) is 19.8 Å². The van der Waals surface area contributed by atoms with Crippen LogP contribution >= 0.6 is 0 Å². The van der Waals surface area contributed by atoms with Gasteiger partial charge >= 0.3 is 0 Å². The van der Waals surface area contributed by atoms with Crippen molar-refractivity contribution in [3.05, 3.63) is 23.8 Å². The summed E-state index contributed by atoms with van der Waals surface area (Å²) >= 11 is 0. The Kier molecular flexibility index (Phi) is 3.10. The van der Waals surface area contributed by atoms with E-state index >= 15 is 0 Å². The van der Waals surface area contributed by atoms with Crippen molar-refractivity contribution in [2.24, 2.45) is 0 Å². The molecule has 3 N–H and O–H groups in total. The minimum absolute atomic E-state index is 0.120. The number of nitrogens with zero attached hydrogens (tertiary/aromatic N) is 1. The van der Waals surface area contributed by atoms with Crippen LogP contribution in [0.1, 0.15) is 16.8 Å². The molecule has 2 rings (SSSR count). The number of benzene rings is 1. The molecule has 6 heteroatoms. The van der Waals surface area contributed by atoms with Gasteiger partial charge in [0.15, 0.2) is 0 Å². The number of carbonyl (C=O) groups is 2. The van der Waals surface area contributed by atoms with E-state index < -0.39 is 11.9 Å². The Balaban J connectivity index is 2.10. The zero-order valence-corrected chi connectivity index (χ0v) is 9.88. The van der Waals surface area contributed by atoms with Crippen LogP contribution in [-0.2, 0) is 4.79 Å². The molecular weight excluding hydrogens is 236 g/mol. The molecule has 0 radical (unpaired) electrons. The van der Waals surface area contributed by atoms with E-state index in [1.165, 1.54) is 12.1 Å². The molecular formula is C12H14N2O4. The zero-order valence-electron chi connectivity index (χ0n) is 9.88. The van der Waals surface area contributed by atoms with Crippen LogP contribution in [0.3, 0.4) is 0 Å². The maximum absolute atomic E-state index is 11.9. The van der Waals surface area contributed by atoms with E-state index in [4.69, 9.17) is 0 Å². The molecule has 1 fully saturated rings. The third-order valence-electron chi connectivity index (χ3n) is 2.90. The maximum atomic E-state index is 11.9. The third kappa shape index (κ3) is 2.37. The van der Waals surface area contributed by atoms with Crippen molar-refractivity contribution in [2.45, 2.75) is 12.5 Å². The number of hydrogen-bond acceptors (Lipinski definition) is 4.